The molecule has 0 aliphatic rings. The summed E-state index contributed by atoms with van der Waals surface area (Å²) in [6.07, 6.45) is 1.02. The zero-order valence-corrected chi connectivity index (χ0v) is 13.5. The van der Waals surface area contributed by atoms with Gasteiger partial charge in [-0.3, -0.25) is 4.79 Å². The predicted molar refractivity (Wildman–Crippen MR) is 86.4 cm³/mol. The van der Waals surface area contributed by atoms with Crippen molar-refractivity contribution in [3.8, 4) is 0 Å². The summed E-state index contributed by atoms with van der Waals surface area (Å²) in [5.41, 5.74) is 1.30. The second-order valence-corrected chi connectivity index (χ2v) is 6.04. The lowest BCUT2D eigenvalue weighted by Gasteiger charge is -2.10. The molecule has 0 saturated heterocycles. The van der Waals surface area contributed by atoms with Crippen molar-refractivity contribution >= 4 is 38.0 Å². The highest BCUT2D eigenvalue weighted by atomic mass is 79.9. The molecule has 6 heteroatoms. The van der Waals surface area contributed by atoms with Crippen molar-refractivity contribution in [3.63, 3.8) is 0 Å². The highest BCUT2D eigenvalue weighted by Crippen LogP contribution is 2.27. The number of nitrogens with zero attached hydrogens (tertiary/aromatic N) is 1. The summed E-state index contributed by atoms with van der Waals surface area (Å²) in [5.74, 6) is 0.621. The minimum Gasteiger partial charge on any atom is -0.449 e. The van der Waals surface area contributed by atoms with E-state index in [1.807, 2.05) is 18.2 Å². The molecule has 0 amide bonds. The van der Waals surface area contributed by atoms with Gasteiger partial charge < -0.3 is 14.7 Å². The molecule has 0 radical (unpaired) electrons. The van der Waals surface area contributed by atoms with Gasteiger partial charge in [-0.1, -0.05) is 22.9 Å². The van der Waals surface area contributed by atoms with E-state index < -0.39 is 0 Å². The third-order valence-corrected chi connectivity index (χ3v) is 4.06. The largest absolute Gasteiger partial charge is 0.449 e. The van der Waals surface area contributed by atoms with Crippen molar-refractivity contribution in [2.24, 2.45) is 0 Å². The first-order valence-electron chi connectivity index (χ1n) is 6.93. The Morgan fingerprint density at radius 1 is 1.48 bits per heavy atom. The van der Waals surface area contributed by atoms with Gasteiger partial charge in [0.05, 0.1) is 6.54 Å². The van der Waals surface area contributed by atoms with Crippen molar-refractivity contribution in [2.45, 2.75) is 32.9 Å². The van der Waals surface area contributed by atoms with Crippen LogP contribution < -0.4 is 10.9 Å². The molecule has 1 atom stereocenters. The smallest absolute Gasteiger partial charge is 0.294 e. The summed E-state index contributed by atoms with van der Waals surface area (Å²) in [5, 5.41) is 4.16. The molecule has 0 aliphatic carbocycles. The molecule has 2 aromatic heterocycles. The van der Waals surface area contributed by atoms with Crippen LogP contribution in [0.2, 0.25) is 0 Å². The number of fused-ring (bicyclic) bond motifs is 3. The molecule has 2 N–H and O–H groups in total. The van der Waals surface area contributed by atoms with Gasteiger partial charge >= 0.3 is 0 Å². The van der Waals surface area contributed by atoms with Crippen LogP contribution in [0.4, 0.5) is 0 Å². The van der Waals surface area contributed by atoms with E-state index in [9.17, 15) is 4.79 Å². The van der Waals surface area contributed by atoms with Crippen molar-refractivity contribution in [1.29, 1.82) is 0 Å². The van der Waals surface area contributed by atoms with Gasteiger partial charge in [0, 0.05) is 15.9 Å². The van der Waals surface area contributed by atoms with Crippen LogP contribution in [-0.4, -0.2) is 16.0 Å². The highest BCUT2D eigenvalue weighted by Gasteiger charge is 2.13. The van der Waals surface area contributed by atoms with E-state index in [1.54, 1.807) is 0 Å². The van der Waals surface area contributed by atoms with E-state index in [0.717, 1.165) is 16.3 Å². The lowest BCUT2D eigenvalue weighted by Crippen LogP contribution is -2.26. The molecule has 21 heavy (non-hydrogen) atoms. The van der Waals surface area contributed by atoms with E-state index in [0.29, 0.717) is 29.5 Å². The maximum Gasteiger partial charge on any atom is 0.294 e. The molecular formula is C15H16BrN3O2. The molecular weight excluding hydrogens is 334 g/mol. The molecule has 3 rings (SSSR count). The Balaban J connectivity index is 2.10. The number of nitrogens with one attached hydrogen (secondary N) is 2. The second kappa shape index (κ2) is 5.61. The Bertz CT molecular complexity index is 853. The fourth-order valence-electron chi connectivity index (χ4n) is 2.17. The Morgan fingerprint density at radius 3 is 3.05 bits per heavy atom. The van der Waals surface area contributed by atoms with Crippen molar-refractivity contribution in [3.05, 3.63) is 38.9 Å². The lowest BCUT2D eigenvalue weighted by molar-refractivity contribution is 0.522. The molecule has 0 bridgehead atoms. The molecule has 5 nitrogen and oxygen atoms in total. The summed E-state index contributed by atoms with van der Waals surface area (Å²) in [6, 6.07) is 6.00. The lowest BCUT2D eigenvalue weighted by atomic mass is 10.2. The summed E-state index contributed by atoms with van der Waals surface area (Å²) < 4.78 is 6.52. The number of benzene rings is 1. The summed E-state index contributed by atoms with van der Waals surface area (Å²) in [7, 11) is 0. The third kappa shape index (κ3) is 2.73. The highest BCUT2D eigenvalue weighted by molar-refractivity contribution is 9.10. The van der Waals surface area contributed by atoms with Gasteiger partial charge in [0.15, 0.2) is 0 Å². The van der Waals surface area contributed by atoms with Gasteiger partial charge in [0.1, 0.15) is 16.9 Å². The first kappa shape index (κ1) is 14.3. The maximum absolute atomic E-state index is 12.1. The van der Waals surface area contributed by atoms with E-state index >= 15 is 0 Å². The summed E-state index contributed by atoms with van der Waals surface area (Å²) in [4.78, 5) is 19.4. The summed E-state index contributed by atoms with van der Waals surface area (Å²) >= 11 is 3.43. The normalized spacial score (nSPS) is 13.1. The number of hydrogen-bond acceptors (Lipinski definition) is 4. The average molecular weight is 350 g/mol. The molecule has 0 spiro atoms. The SMILES string of the molecule is CCC(C)NCc1nc2c(oc3ccc(Br)cc32)c(=O)[nH]1. The van der Waals surface area contributed by atoms with Gasteiger partial charge in [0.2, 0.25) is 5.58 Å². The summed E-state index contributed by atoms with van der Waals surface area (Å²) in [6.45, 7) is 4.74. The van der Waals surface area contributed by atoms with Gasteiger partial charge in [-0.25, -0.2) is 4.98 Å². The topological polar surface area (TPSA) is 70.9 Å². The number of halogens is 1. The van der Waals surface area contributed by atoms with Crippen molar-refractivity contribution in [2.75, 3.05) is 0 Å². The van der Waals surface area contributed by atoms with Crippen LogP contribution in [0.1, 0.15) is 26.1 Å². The second-order valence-electron chi connectivity index (χ2n) is 5.12. The first-order valence-corrected chi connectivity index (χ1v) is 7.72. The number of aromatic amines is 1. The van der Waals surface area contributed by atoms with E-state index in [-0.39, 0.29) is 11.1 Å². The maximum atomic E-state index is 12.1. The third-order valence-electron chi connectivity index (χ3n) is 3.56. The standard InChI is InChI=1S/C15H16BrN3O2/c1-3-8(2)17-7-12-18-13-10-6-9(16)4-5-11(10)21-14(13)15(20)19-12/h4-6,8,17H,3,7H2,1-2H3,(H,18,19,20). The minimum atomic E-state index is -0.242. The molecule has 110 valence electrons. The zero-order valence-electron chi connectivity index (χ0n) is 11.9. The molecule has 0 aliphatic heterocycles. The Hall–Kier alpha value is -1.66. The van der Waals surface area contributed by atoms with E-state index in [2.05, 4.69) is 45.1 Å². The van der Waals surface area contributed by atoms with Gasteiger partial charge in [0.25, 0.3) is 5.56 Å². The molecule has 1 aromatic carbocycles. The number of furan rings is 1. The van der Waals surface area contributed by atoms with Crippen LogP contribution in [0.15, 0.2) is 31.9 Å². The fraction of sp³-hybridized carbons (Fsp3) is 0.333. The Morgan fingerprint density at radius 2 is 2.29 bits per heavy atom. The van der Waals surface area contributed by atoms with Crippen LogP contribution in [0, 0.1) is 0 Å². The quantitative estimate of drug-likeness (QED) is 0.757. The molecule has 1 unspecified atom stereocenters. The van der Waals surface area contributed by atoms with Crippen molar-refractivity contribution in [1.82, 2.24) is 15.3 Å². The van der Waals surface area contributed by atoms with E-state index in [1.165, 1.54) is 0 Å². The number of rotatable bonds is 4. The molecule has 3 aromatic rings. The number of aromatic nitrogens is 2. The molecule has 0 fully saturated rings. The van der Waals surface area contributed by atoms with Crippen LogP contribution in [0.25, 0.3) is 22.1 Å². The Labute approximate surface area is 129 Å². The van der Waals surface area contributed by atoms with Crippen LogP contribution in [0.5, 0.6) is 0 Å². The number of H-pyrrole nitrogens is 1. The van der Waals surface area contributed by atoms with Crippen LogP contribution in [0.3, 0.4) is 0 Å². The van der Waals surface area contributed by atoms with Gasteiger partial charge in [-0.2, -0.15) is 0 Å². The van der Waals surface area contributed by atoms with Crippen LogP contribution >= 0.6 is 15.9 Å². The first-order chi connectivity index (χ1) is 10.1. The van der Waals surface area contributed by atoms with Gasteiger partial charge in [-0.15, -0.1) is 0 Å². The van der Waals surface area contributed by atoms with Crippen molar-refractivity contribution < 1.29 is 4.42 Å². The molecule has 2 heterocycles. The monoisotopic (exact) mass is 349 g/mol. The zero-order chi connectivity index (χ0) is 15.0. The van der Waals surface area contributed by atoms with Crippen LogP contribution in [-0.2, 0) is 6.54 Å². The number of hydrogen-bond donors (Lipinski definition) is 2. The fourth-order valence-corrected chi connectivity index (χ4v) is 2.53. The van der Waals surface area contributed by atoms with E-state index in [4.69, 9.17) is 4.42 Å². The molecule has 0 saturated carbocycles. The minimum absolute atomic E-state index is 0.242. The predicted octanol–water partition coefficient (Wildman–Crippen LogP) is 3.32. The average Bonchev–Trinajstić information content (AvgIpc) is 2.83. The van der Waals surface area contributed by atoms with Gasteiger partial charge in [-0.05, 0) is 31.5 Å². The Kier molecular flexibility index (Phi) is 3.82.